The van der Waals surface area contributed by atoms with Gasteiger partial charge in [-0.15, -0.1) is 0 Å². The summed E-state index contributed by atoms with van der Waals surface area (Å²) < 4.78 is 36.7. The Kier molecular flexibility index (Phi) is 8.32. The molecule has 2 aliphatic heterocycles. The van der Waals surface area contributed by atoms with Gasteiger partial charge >= 0.3 is 6.09 Å². The lowest BCUT2D eigenvalue weighted by Gasteiger charge is -2.58. The first-order valence-corrected chi connectivity index (χ1v) is 19.8. The summed E-state index contributed by atoms with van der Waals surface area (Å²) in [7, 11) is -3.94. The minimum absolute atomic E-state index is 0.0520. The van der Waals surface area contributed by atoms with Gasteiger partial charge in [-0.3, -0.25) is 9.48 Å². The fourth-order valence-corrected chi connectivity index (χ4v) is 10.7. The number of anilines is 1. The number of carbonyl (C=O) groups excluding carboxylic acids is 2. The summed E-state index contributed by atoms with van der Waals surface area (Å²) in [5.74, 6) is 0.869. The van der Waals surface area contributed by atoms with Crippen molar-refractivity contribution >= 4 is 38.7 Å². The minimum atomic E-state index is -3.94. The van der Waals surface area contributed by atoms with Crippen molar-refractivity contribution in [2.45, 2.75) is 110 Å². The molecule has 1 atom stereocenters. The minimum Gasteiger partial charge on any atom is -0.444 e. The molecule has 7 rings (SSSR count). The maximum absolute atomic E-state index is 14.5. The van der Waals surface area contributed by atoms with E-state index in [1.807, 2.05) is 69.9 Å². The highest BCUT2D eigenvalue weighted by atomic mass is 32.2. The first kappa shape index (κ1) is 36.2. The molecule has 0 radical (unpaired) electrons. The van der Waals surface area contributed by atoms with Crippen LogP contribution in [-0.4, -0.2) is 97.8 Å². The van der Waals surface area contributed by atoms with Gasteiger partial charge in [0.25, 0.3) is 10.0 Å². The molecule has 3 aromatic rings. The smallest absolute Gasteiger partial charge is 0.410 e. The summed E-state index contributed by atoms with van der Waals surface area (Å²) in [6, 6.07) is 5.91. The van der Waals surface area contributed by atoms with Crippen LogP contribution in [0.15, 0.2) is 47.7 Å². The second-order valence-corrected chi connectivity index (χ2v) is 19.6. The first-order valence-electron chi connectivity index (χ1n) is 18.4. The van der Waals surface area contributed by atoms with Gasteiger partial charge in [-0.2, -0.15) is 14.3 Å². The number of amides is 2. The zero-order valence-corrected chi connectivity index (χ0v) is 33.1. The fraction of sp³-hybridized carbons (Fsp3) is 0.590. The summed E-state index contributed by atoms with van der Waals surface area (Å²) in [5, 5.41) is 10.7. The molecule has 0 bridgehead atoms. The van der Waals surface area contributed by atoms with Gasteiger partial charge in [-0.25, -0.2) is 13.2 Å². The van der Waals surface area contributed by atoms with Crippen molar-refractivity contribution in [1.82, 2.24) is 28.8 Å². The number of carbonyl (C=O) groups is 2. The molecule has 2 saturated heterocycles. The highest BCUT2D eigenvalue weighted by molar-refractivity contribution is 7.91. The quantitative estimate of drug-likeness (QED) is 0.293. The maximum Gasteiger partial charge on any atom is 0.410 e. The van der Waals surface area contributed by atoms with Crippen LogP contribution in [0, 0.1) is 12.3 Å². The average Bonchev–Trinajstić information content (AvgIpc) is 3.59. The van der Waals surface area contributed by atoms with Crippen LogP contribution in [-0.2, 0) is 19.6 Å². The normalized spacial score (nSPS) is 23.3. The van der Waals surface area contributed by atoms with Gasteiger partial charge in [-0.05, 0) is 98.8 Å². The lowest BCUT2D eigenvalue weighted by molar-refractivity contribution is -0.130. The molecule has 280 valence electrons. The Bertz CT molecular complexity index is 2140. The molecule has 2 aliphatic carbocycles. The van der Waals surface area contributed by atoms with Crippen molar-refractivity contribution in [3.05, 3.63) is 53.4 Å². The Morgan fingerprint density at radius 3 is 2.31 bits per heavy atom. The molecule has 1 saturated carbocycles. The van der Waals surface area contributed by atoms with Crippen molar-refractivity contribution in [2.24, 2.45) is 5.41 Å². The van der Waals surface area contributed by atoms with Crippen LogP contribution in [0.2, 0.25) is 0 Å². The van der Waals surface area contributed by atoms with Gasteiger partial charge in [0.15, 0.2) is 5.82 Å². The zero-order valence-electron chi connectivity index (χ0n) is 32.3. The average molecular weight is 732 g/mol. The predicted molar refractivity (Wildman–Crippen MR) is 203 cm³/mol. The second kappa shape index (κ2) is 11.9. The maximum atomic E-state index is 14.5. The Morgan fingerprint density at radius 2 is 1.67 bits per heavy atom. The second-order valence-electron chi connectivity index (χ2n) is 17.4. The van der Waals surface area contributed by atoms with Crippen molar-refractivity contribution in [3.8, 4) is 11.1 Å². The van der Waals surface area contributed by atoms with Crippen LogP contribution in [0.1, 0.15) is 93.3 Å². The van der Waals surface area contributed by atoms with Crippen molar-refractivity contribution in [2.75, 3.05) is 37.6 Å². The number of benzene rings is 1. The van der Waals surface area contributed by atoms with Gasteiger partial charge in [0, 0.05) is 61.7 Å². The standard InChI is InChI=1S/C39H53N7O5S/c1-25-13-12-16-38(10,26(25)2)52(49,50)46-32-15-11-14-30(31(32)21-40-46)33-27(3)45(41-34(33)44-18-17-42(28(4)47)22-37(44,8)9)29-19-39(20-29)23-43(24-39)35(48)51-36(5,6)7/h11-15,21,29H,16-20,22-24H2,1-10H3. The lowest BCUT2D eigenvalue weighted by Crippen LogP contribution is -2.64. The molecule has 13 heteroatoms. The van der Waals surface area contributed by atoms with E-state index in [2.05, 4.69) is 35.5 Å². The molecule has 1 spiro atoms. The molecular weight excluding hydrogens is 679 g/mol. The molecule has 0 N–H and O–H groups in total. The molecule has 4 aliphatic rings. The summed E-state index contributed by atoms with van der Waals surface area (Å²) in [6.07, 6.45) is 7.49. The molecule has 2 amide bonds. The van der Waals surface area contributed by atoms with E-state index in [4.69, 9.17) is 9.84 Å². The molecule has 12 nitrogen and oxygen atoms in total. The van der Waals surface area contributed by atoms with Gasteiger partial charge in [0.1, 0.15) is 10.3 Å². The molecule has 1 aromatic carbocycles. The topological polar surface area (TPSA) is 123 Å². The summed E-state index contributed by atoms with van der Waals surface area (Å²) >= 11 is 0. The van der Waals surface area contributed by atoms with E-state index in [9.17, 15) is 18.0 Å². The summed E-state index contributed by atoms with van der Waals surface area (Å²) in [6.45, 7) is 22.4. The summed E-state index contributed by atoms with van der Waals surface area (Å²) in [4.78, 5) is 31.1. The number of hydrogen-bond acceptors (Lipinski definition) is 8. The number of nitrogens with zero attached hydrogens (tertiary/aromatic N) is 7. The third kappa shape index (κ3) is 5.65. The zero-order chi connectivity index (χ0) is 37.8. The highest BCUT2D eigenvalue weighted by Crippen LogP contribution is 2.55. The Hall–Kier alpha value is -4.13. The third-order valence-electron chi connectivity index (χ3n) is 12.0. The van der Waals surface area contributed by atoms with E-state index < -0.39 is 25.9 Å². The van der Waals surface area contributed by atoms with Crippen molar-refractivity contribution in [3.63, 3.8) is 0 Å². The third-order valence-corrected chi connectivity index (χ3v) is 14.4. The Labute approximate surface area is 307 Å². The number of likely N-dealkylation sites (tertiary alicyclic amines) is 1. The van der Waals surface area contributed by atoms with Crippen molar-refractivity contribution in [1.29, 1.82) is 0 Å². The van der Waals surface area contributed by atoms with Crippen LogP contribution < -0.4 is 4.90 Å². The van der Waals surface area contributed by atoms with Crippen LogP contribution in [0.5, 0.6) is 0 Å². The number of ether oxygens (including phenoxy) is 1. The van der Waals surface area contributed by atoms with E-state index in [1.165, 1.54) is 4.09 Å². The van der Waals surface area contributed by atoms with Gasteiger partial charge in [-0.1, -0.05) is 29.9 Å². The Balaban J connectivity index is 1.28. The number of piperazine rings is 1. The molecule has 2 aromatic heterocycles. The van der Waals surface area contributed by atoms with E-state index in [1.54, 1.807) is 24.9 Å². The first-order chi connectivity index (χ1) is 24.2. The van der Waals surface area contributed by atoms with Crippen LogP contribution in [0.25, 0.3) is 22.0 Å². The molecule has 3 fully saturated rings. The highest BCUT2D eigenvalue weighted by Gasteiger charge is 2.56. The molecular formula is C39H53N7O5S. The predicted octanol–water partition coefficient (Wildman–Crippen LogP) is 6.46. The molecule has 52 heavy (non-hydrogen) atoms. The van der Waals surface area contributed by atoms with E-state index in [0.717, 1.165) is 52.0 Å². The number of rotatable bonds is 5. The number of fused-ring (bicyclic) bond motifs is 1. The molecule has 1 unspecified atom stereocenters. The van der Waals surface area contributed by atoms with E-state index in [0.29, 0.717) is 44.7 Å². The van der Waals surface area contributed by atoms with Crippen LogP contribution in [0.3, 0.4) is 0 Å². The van der Waals surface area contributed by atoms with Gasteiger partial charge < -0.3 is 19.4 Å². The monoisotopic (exact) mass is 731 g/mol. The van der Waals surface area contributed by atoms with Gasteiger partial charge in [0.2, 0.25) is 5.91 Å². The van der Waals surface area contributed by atoms with E-state index in [-0.39, 0.29) is 23.5 Å². The summed E-state index contributed by atoms with van der Waals surface area (Å²) in [5.41, 5.74) is 4.20. The largest absolute Gasteiger partial charge is 0.444 e. The number of hydrogen-bond donors (Lipinski definition) is 0. The van der Waals surface area contributed by atoms with E-state index >= 15 is 0 Å². The molecule has 4 heterocycles. The van der Waals surface area contributed by atoms with Crippen LogP contribution in [0.4, 0.5) is 10.6 Å². The lowest BCUT2D eigenvalue weighted by atomic mass is 9.61. The Morgan fingerprint density at radius 1 is 0.981 bits per heavy atom. The van der Waals surface area contributed by atoms with Crippen molar-refractivity contribution < 1.29 is 22.7 Å². The number of aromatic nitrogens is 4. The fourth-order valence-electron chi connectivity index (χ4n) is 8.85. The SMILES string of the molecule is CC(=O)N1CCN(c2nn(C3CC4(C3)CN(C(=O)OC(C)(C)C)C4)c(C)c2-c2cccc3c2cnn3S(=O)(=O)C2(C)CC=CC(C)=C2C)C(C)(C)C1. The number of allylic oxidation sites excluding steroid dienone is 3. The van der Waals surface area contributed by atoms with Gasteiger partial charge in [0.05, 0.1) is 23.3 Å². The van der Waals surface area contributed by atoms with Crippen LogP contribution >= 0.6 is 0 Å².